The van der Waals surface area contributed by atoms with Gasteiger partial charge in [-0.15, -0.1) is 0 Å². The van der Waals surface area contributed by atoms with Crippen molar-refractivity contribution in [3.8, 4) is 11.8 Å². The Labute approximate surface area is 130 Å². The first-order chi connectivity index (χ1) is 10.0. The van der Waals surface area contributed by atoms with Crippen LogP contribution in [0.5, 0.6) is 5.75 Å². The smallest absolute Gasteiger partial charge is 0.136 e. The first kappa shape index (κ1) is 15.4. The van der Waals surface area contributed by atoms with Crippen molar-refractivity contribution in [2.24, 2.45) is 0 Å². The van der Waals surface area contributed by atoms with Crippen LogP contribution in [0.1, 0.15) is 11.1 Å². The molecule has 0 bridgehead atoms. The van der Waals surface area contributed by atoms with Crippen LogP contribution >= 0.6 is 11.6 Å². The summed E-state index contributed by atoms with van der Waals surface area (Å²) >= 11 is 6.06. The molecule has 108 valence electrons. The Hall–Kier alpha value is -2.03. The van der Waals surface area contributed by atoms with Crippen molar-refractivity contribution in [1.29, 1.82) is 5.26 Å². The standard InChI is InChI=1S/C15H13ClN2O2S/c1-20-14-6-10(2-3-11(14)8-17)9-21(19)15-5-4-12(18)7-13(15)16/h2-7H,9,18H2,1H3. The molecule has 0 heterocycles. The van der Waals surface area contributed by atoms with E-state index in [1.54, 1.807) is 36.4 Å². The number of hydrogen-bond donors (Lipinski definition) is 1. The Kier molecular flexibility index (Phi) is 4.84. The topological polar surface area (TPSA) is 76.1 Å². The van der Waals surface area contributed by atoms with Crippen LogP contribution in [0.3, 0.4) is 0 Å². The molecule has 6 heteroatoms. The zero-order valence-corrected chi connectivity index (χ0v) is 12.9. The summed E-state index contributed by atoms with van der Waals surface area (Å²) in [5.74, 6) is 0.751. The van der Waals surface area contributed by atoms with E-state index in [0.29, 0.717) is 26.9 Å². The monoisotopic (exact) mass is 320 g/mol. The Morgan fingerprint density at radius 3 is 2.71 bits per heavy atom. The molecule has 0 fully saturated rings. The molecule has 0 aliphatic heterocycles. The predicted octanol–water partition coefficient (Wildman–Crippen LogP) is 3.11. The summed E-state index contributed by atoms with van der Waals surface area (Å²) in [5, 5.41) is 9.33. The zero-order chi connectivity index (χ0) is 15.4. The zero-order valence-electron chi connectivity index (χ0n) is 11.3. The maximum absolute atomic E-state index is 12.4. The maximum atomic E-state index is 12.4. The Morgan fingerprint density at radius 1 is 1.33 bits per heavy atom. The second-order valence-corrected chi connectivity index (χ2v) is 6.15. The van der Waals surface area contributed by atoms with Gasteiger partial charge in [-0.25, -0.2) is 0 Å². The van der Waals surface area contributed by atoms with Gasteiger partial charge in [0.1, 0.15) is 11.8 Å². The third-order valence-corrected chi connectivity index (χ3v) is 4.75. The van der Waals surface area contributed by atoms with E-state index in [0.717, 1.165) is 5.56 Å². The van der Waals surface area contributed by atoms with E-state index in [4.69, 9.17) is 27.3 Å². The number of nitrogen functional groups attached to an aromatic ring is 1. The minimum Gasteiger partial charge on any atom is -0.495 e. The van der Waals surface area contributed by atoms with Crippen molar-refractivity contribution in [2.75, 3.05) is 12.8 Å². The lowest BCUT2D eigenvalue weighted by Crippen LogP contribution is -1.99. The van der Waals surface area contributed by atoms with Crippen molar-refractivity contribution in [1.82, 2.24) is 0 Å². The lowest BCUT2D eigenvalue weighted by molar-refractivity contribution is 0.413. The summed E-state index contributed by atoms with van der Waals surface area (Å²) in [6.45, 7) is 0. The normalized spacial score (nSPS) is 11.7. The van der Waals surface area contributed by atoms with Crippen LogP contribution in [0.2, 0.25) is 5.02 Å². The van der Waals surface area contributed by atoms with E-state index in [9.17, 15) is 4.21 Å². The van der Waals surface area contributed by atoms with Gasteiger partial charge in [-0.3, -0.25) is 4.21 Å². The second kappa shape index (κ2) is 6.61. The molecule has 4 nitrogen and oxygen atoms in total. The molecule has 0 saturated carbocycles. The van der Waals surface area contributed by atoms with E-state index in [1.165, 1.54) is 7.11 Å². The number of ether oxygens (including phenoxy) is 1. The third kappa shape index (κ3) is 3.54. The second-order valence-electron chi connectivity index (χ2n) is 4.33. The summed E-state index contributed by atoms with van der Waals surface area (Å²) in [7, 11) is 0.195. The first-order valence-corrected chi connectivity index (χ1v) is 7.75. The number of methoxy groups -OCH3 is 1. The van der Waals surface area contributed by atoms with Crippen molar-refractivity contribution in [3.63, 3.8) is 0 Å². The van der Waals surface area contributed by atoms with E-state index >= 15 is 0 Å². The average Bonchev–Trinajstić information content (AvgIpc) is 2.46. The van der Waals surface area contributed by atoms with Crippen LogP contribution in [0, 0.1) is 11.3 Å². The molecule has 0 amide bonds. The number of anilines is 1. The molecule has 1 unspecified atom stereocenters. The lowest BCUT2D eigenvalue weighted by atomic mass is 10.1. The minimum absolute atomic E-state index is 0.283. The molecular formula is C15H13ClN2O2S. The Morgan fingerprint density at radius 2 is 2.10 bits per heavy atom. The average molecular weight is 321 g/mol. The summed E-state index contributed by atoms with van der Waals surface area (Å²) in [4.78, 5) is 0.536. The molecule has 2 rings (SSSR count). The van der Waals surface area contributed by atoms with Gasteiger partial charge in [-0.05, 0) is 35.9 Å². The van der Waals surface area contributed by atoms with E-state index in [1.807, 2.05) is 6.07 Å². The fourth-order valence-corrected chi connectivity index (χ4v) is 3.43. The maximum Gasteiger partial charge on any atom is 0.136 e. The Balaban J connectivity index is 2.26. The van der Waals surface area contributed by atoms with Crippen LogP contribution in [0.4, 0.5) is 5.69 Å². The molecule has 0 saturated heterocycles. The molecule has 21 heavy (non-hydrogen) atoms. The number of rotatable bonds is 4. The van der Waals surface area contributed by atoms with E-state index < -0.39 is 10.8 Å². The van der Waals surface area contributed by atoms with E-state index in [-0.39, 0.29) is 5.75 Å². The fourth-order valence-electron chi connectivity index (χ4n) is 1.85. The molecule has 2 N–H and O–H groups in total. The van der Waals surface area contributed by atoms with Gasteiger partial charge in [0.15, 0.2) is 0 Å². The molecule has 2 aromatic rings. The minimum atomic E-state index is -1.30. The summed E-state index contributed by atoms with van der Waals surface area (Å²) in [6.07, 6.45) is 0. The van der Waals surface area contributed by atoms with Crippen LogP contribution < -0.4 is 10.5 Å². The Bertz CT molecular complexity index is 741. The van der Waals surface area contributed by atoms with Crippen LogP contribution in [-0.2, 0) is 16.6 Å². The summed E-state index contributed by atoms with van der Waals surface area (Å²) in [6, 6.07) is 12.1. The highest BCUT2D eigenvalue weighted by Crippen LogP contribution is 2.26. The van der Waals surface area contributed by atoms with Crippen molar-refractivity contribution in [2.45, 2.75) is 10.6 Å². The quantitative estimate of drug-likeness (QED) is 0.878. The molecule has 2 aromatic carbocycles. The van der Waals surface area contributed by atoms with Crippen molar-refractivity contribution >= 4 is 28.1 Å². The first-order valence-electron chi connectivity index (χ1n) is 6.05. The number of benzene rings is 2. The van der Waals surface area contributed by atoms with Gasteiger partial charge in [0.2, 0.25) is 0 Å². The van der Waals surface area contributed by atoms with Crippen LogP contribution in [0.15, 0.2) is 41.3 Å². The molecule has 0 aromatic heterocycles. The highest BCUT2D eigenvalue weighted by Gasteiger charge is 2.11. The third-order valence-electron chi connectivity index (χ3n) is 2.89. The van der Waals surface area contributed by atoms with Crippen molar-refractivity contribution in [3.05, 3.63) is 52.5 Å². The fraction of sp³-hybridized carbons (Fsp3) is 0.133. The number of nitrogens with zero attached hydrogens (tertiary/aromatic N) is 1. The molecule has 1 atom stereocenters. The summed E-state index contributed by atoms with van der Waals surface area (Å²) in [5.41, 5.74) is 7.39. The lowest BCUT2D eigenvalue weighted by Gasteiger charge is -2.08. The highest BCUT2D eigenvalue weighted by molar-refractivity contribution is 7.84. The molecular weight excluding hydrogens is 308 g/mol. The SMILES string of the molecule is COc1cc(CS(=O)c2ccc(N)cc2Cl)ccc1C#N. The van der Waals surface area contributed by atoms with Gasteiger partial charge in [0, 0.05) is 5.69 Å². The van der Waals surface area contributed by atoms with Crippen LogP contribution in [0.25, 0.3) is 0 Å². The van der Waals surface area contributed by atoms with Crippen LogP contribution in [-0.4, -0.2) is 11.3 Å². The van der Waals surface area contributed by atoms with E-state index in [2.05, 4.69) is 0 Å². The largest absolute Gasteiger partial charge is 0.495 e. The van der Waals surface area contributed by atoms with Gasteiger partial charge in [0.25, 0.3) is 0 Å². The molecule has 0 aliphatic rings. The van der Waals surface area contributed by atoms with Gasteiger partial charge in [0.05, 0.1) is 39.1 Å². The predicted molar refractivity (Wildman–Crippen MR) is 83.7 cm³/mol. The van der Waals surface area contributed by atoms with Gasteiger partial charge >= 0.3 is 0 Å². The number of nitrogens with two attached hydrogens (primary N) is 1. The number of hydrogen-bond acceptors (Lipinski definition) is 4. The van der Waals surface area contributed by atoms with Crippen molar-refractivity contribution < 1.29 is 8.95 Å². The van der Waals surface area contributed by atoms with Gasteiger partial charge < -0.3 is 10.5 Å². The molecule has 0 spiro atoms. The molecule has 0 aliphatic carbocycles. The van der Waals surface area contributed by atoms with Gasteiger partial charge in [-0.2, -0.15) is 5.26 Å². The molecule has 0 radical (unpaired) electrons. The number of halogens is 1. The highest BCUT2D eigenvalue weighted by atomic mass is 35.5. The number of nitriles is 1. The van der Waals surface area contributed by atoms with Gasteiger partial charge in [-0.1, -0.05) is 17.7 Å². The summed E-state index contributed by atoms with van der Waals surface area (Å²) < 4.78 is 17.5.